The van der Waals surface area contributed by atoms with Crippen molar-refractivity contribution in [3.05, 3.63) is 129 Å². The fourth-order valence-corrected chi connectivity index (χ4v) is 12.9. The van der Waals surface area contributed by atoms with Crippen molar-refractivity contribution in [3.8, 4) is 183 Å². The van der Waals surface area contributed by atoms with Gasteiger partial charge < -0.3 is 195 Å². The summed E-state index contributed by atoms with van der Waals surface area (Å²) < 4.78 is 67.7. The molecule has 10 atom stereocenters. The number of benzene rings is 9. The molecule has 0 saturated carbocycles. The average Bonchev–Trinajstić information content (AvgIpc) is 1.56. The molecule has 27 N–H and O–H groups in total. The second-order valence-corrected chi connectivity index (χ2v) is 26.5. The van der Waals surface area contributed by atoms with Crippen LogP contribution in [0.2, 0.25) is 0 Å². The molecular formula is C75H54O48. The van der Waals surface area contributed by atoms with Crippen molar-refractivity contribution in [2.24, 2.45) is 0 Å². The summed E-state index contributed by atoms with van der Waals surface area (Å²) in [6.07, 6.45) is -27.3. The monoisotopic (exact) mass is 1720 g/mol. The Morgan fingerprint density at radius 3 is 0.935 bits per heavy atom. The number of aliphatic hydroxyl groups excluding tert-OH is 1. The summed E-state index contributed by atoms with van der Waals surface area (Å²) in [4.78, 5) is 132. The van der Waals surface area contributed by atoms with Crippen LogP contribution in [0.3, 0.4) is 0 Å². The van der Waals surface area contributed by atoms with Crippen molar-refractivity contribution in [1.82, 2.24) is 0 Å². The minimum atomic E-state index is -3.09. The SMILES string of the molecule is O=C(OC1C(O)OC2COC(=O)c3cc(Oc4c(C(=O)OC5OC6COC(=O)c7cc(O)c(O)c(O)c7-c7c(cc(O)c(O)c7O)C(=O)OC6C(OC(=O)c6cc(O)c(O)c(O)c6)C5OC(=O)c5cc(O)c(O)c(O)c5)cc(O)c(O)c4O)c(O)c(O)c3-c3c(cc(O)c(O)c3O)C(=O)OC2C1OC(=O)c1cc(O)c(O)c(O)c1)c1cc(O)c(O)c(O)c1. The van der Waals surface area contributed by atoms with E-state index in [2.05, 4.69) is 0 Å². The Kier molecular flexibility index (Phi) is 21.3. The standard InChI is InChI=1S/C75H54O48/c76-25-1-16(2-26(77)44(25)88)65(102)119-61-59-38(115-74(111)63(61)121-67(104)18-5-29(80)46(90)30(81)6-18)14-112-70(107)23-13-37(52(96)56(100)43(23)42-22(71(108)117-59)11-35(86)50(94)55(42)99)114-58-24(12-36(87)51(95)57(58)101)73(110)123-75-64(122-68(105)19-7-31(82)47(91)32(83)8-19)62(120-66(103)17-3-27(78)45(89)28(79)4-17)60-39(116-75)15-113-69(106)20-9-33(84)48(92)53(97)40(20)41-21(72(109)118-60)10-34(85)49(93)54(41)98/h1-13,38-39,59-64,74-101,111H,14-15H2. The third-order valence-corrected chi connectivity index (χ3v) is 18.9. The number of aliphatic hydroxyl groups is 1. The lowest BCUT2D eigenvalue weighted by Gasteiger charge is -2.43. The molecule has 0 aliphatic carbocycles. The number of phenols is 26. The molecule has 9 aromatic rings. The van der Waals surface area contributed by atoms with E-state index in [9.17, 15) is 176 Å². The van der Waals surface area contributed by atoms with Gasteiger partial charge in [-0.15, -0.1) is 0 Å². The van der Waals surface area contributed by atoms with Crippen LogP contribution in [0.25, 0.3) is 22.3 Å². The molecule has 4 heterocycles. The summed E-state index contributed by atoms with van der Waals surface area (Å²) >= 11 is 0. The van der Waals surface area contributed by atoms with Crippen LogP contribution in [0.4, 0.5) is 0 Å². The number of hydrogen-bond acceptors (Lipinski definition) is 48. The van der Waals surface area contributed by atoms with Gasteiger partial charge in [-0.3, -0.25) is 0 Å². The molecular weight excluding hydrogens is 1670 g/mol. The Balaban J connectivity index is 0.927. The molecule has 2 fully saturated rings. The van der Waals surface area contributed by atoms with Crippen LogP contribution in [0.1, 0.15) is 93.2 Å². The van der Waals surface area contributed by atoms with Crippen molar-refractivity contribution >= 4 is 53.7 Å². The molecule has 0 aromatic heterocycles. The second kappa shape index (κ2) is 31.3. The molecule has 4 aliphatic heterocycles. The van der Waals surface area contributed by atoms with E-state index in [1.165, 1.54) is 0 Å². The molecule has 10 unspecified atom stereocenters. The van der Waals surface area contributed by atoms with E-state index >= 15 is 4.79 Å². The average molecular weight is 1720 g/mol. The number of carbonyl (C=O) groups excluding carboxylic acids is 9. The summed E-state index contributed by atoms with van der Waals surface area (Å²) in [5.41, 5.74) is -16.0. The molecule has 642 valence electrons. The van der Waals surface area contributed by atoms with Crippen LogP contribution in [0, 0.1) is 0 Å². The number of hydrogen-bond donors (Lipinski definition) is 27. The molecule has 0 spiro atoms. The van der Waals surface area contributed by atoms with Crippen molar-refractivity contribution in [3.63, 3.8) is 0 Å². The quantitative estimate of drug-likeness (QED) is 0.0475. The number of esters is 9. The van der Waals surface area contributed by atoms with Crippen LogP contribution in [0.15, 0.2) is 78.9 Å². The first-order valence-electron chi connectivity index (χ1n) is 34.1. The van der Waals surface area contributed by atoms with E-state index in [0.29, 0.717) is 54.6 Å². The fraction of sp³-hybridized carbons (Fsp3) is 0.160. The number of rotatable bonds is 12. The van der Waals surface area contributed by atoms with Gasteiger partial charge >= 0.3 is 53.7 Å². The number of phenolic OH excluding ortho intramolecular Hbond substituents is 26. The molecule has 13 rings (SSSR count). The minimum absolute atomic E-state index is 0.108. The highest BCUT2D eigenvalue weighted by Gasteiger charge is 2.57. The fourth-order valence-electron chi connectivity index (χ4n) is 12.9. The molecule has 48 heteroatoms. The van der Waals surface area contributed by atoms with Gasteiger partial charge in [0, 0.05) is 34.4 Å². The lowest BCUT2D eigenvalue weighted by Crippen LogP contribution is -2.63. The molecule has 123 heavy (non-hydrogen) atoms. The zero-order valence-corrected chi connectivity index (χ0v) is 60.3. The van der Waals surface area contributed by atoms with Gasteiger partial charge in [0.2, 0.25) is 46.9 Å². The Labute approximate surface area is 676 Å². The summed E-state index contributed by atoms with van der Waals surface area (Å²) in [5, 5.41) is 293. The van der Waals surface area contributed by atoms with E-state index < -0.39 is 362 Å². The summed E-state index contributed by atoms with van der Waals surface area (Å²) in [7, 11) is 0. The van der Waals surface area contributed by atoms with Gasteiger partial charge in [-0.25, -0.2) is 43.2 Å². The highest BCUT2D eigenvalue weighted by Crippen LogP contribution is 2.58. The van der Waals surface area contributed by atoms with Crippen LogP contribution in [0.5, 0.6) is 161 Å². The van der Waals surface area contributed by atoms with E-state index in [0.717, 1.165) is 0 Å². The van der Waals surface area contributed by atoms with E-state index in [-0.39, 0.29) is 24.3 Å². The first-order chi connectivity index (χ1) is 57.9. The van der Waals surface area contributed by atoms with Crippen molar-refractivity contribution < 1.29 is 238 Å². The topological polar surface area (TPSA) is 811 Å². The van der Waals surface area contributed by atoms with Gasteiger partial charge in [0.15, 0.2) is 163 Å². The zero-order chi connectivity index (χ0) is 89.7. The Bertz CT molecular complexity index is 5970. The number of aromatic hydroxyl groups is 26. The van der Waals surface area contributed by atoms with E-state index in [1.54, 1.807) is 0 Å². The first kappa shape index (κ1) is 83.6. The molecule has 2 saturated heterocycles. The van der Waals surface area contributed by atoms with Crippen molar-refractivity contribution in [2.45, 2.75) is 61.4 Å². The maximum atomic E-state index is 15.4. The van der Waals surface area contributed by atoms with Crippen LogP contribution < -0.4 is 4.74 Å². The molecule has 0 amide bonds. The third-order valence-electron chi connectivity index (χ3n) is 18.9. The summed E-state index contributed by atoms with van der Waals surface area (Å²) in [6.45, 7) is -3.07. The number of ether oxygens (including phenoxy) is 12. The lowest BCUT2D eigenvalue weighted by atomic mass is 9.91. The largest absolute Gasteiger partial charge is 0.504 e. The van der Waals surface area contributed by atoms with Gasteiger partial charge in [-0.2, -0.15) is 0 Å². The second-order valence-electron chi connectivity index (χ2n) is 26.5. The zero-order valence-electron chi connectivity index (χ0n) is 60.3. The number of carbonyl (C=O) groups is 9. The smallest absolute Gasteiger partial charge is 0.344 e. The molecule has 0 radical (unpaired) electrons. The molecule has 9 aromatic carbocycles. The predicted octanol–water partition coefficient (Wildman–Crippen LogP) is 2.75. The number of fused-ring (bicyclic) bond motifs is 8. The molecule has 4 aliphatic rings. The van der Waals surface area contributed by atoms with E-state index in [1.807, 2.05) is 0 Å². The first-order valence-corrected chi connectivity index (χ1v) is 34.1. The van der Waals surface area contributed by atoms with E-state index in [4.69, 9.17) is 56.8 Å². The van der Waals surface area contributed by atoms with Crippen molar-refractivity contribution in [1.29, 1.82) is 0 Å². The minimum Gasteiger partial charge on any atom is -0.504 e. The van der Waals surface area contributed by atoms with Crippen LogP contribution in [-0.2, 0) is 52.1 Å². The Hall–Kier alpha value is -17.3. The maximum absolute atomic E-state index is 15.4. The van der Waals surface area contributed by atoms with Gasteiger partial charge in [-0.1, -0.05) is 0 Å². The Morgan fingerprint density at radius 1 is 0.285 bits per heavy atom. The molecule has 48 nitrogen and oxygen atoms in total. The van der Waals surface area contributed by atoms with Gasteiger partial charge in [0.1, 0.15) is 31.0 Å². The van der Waals surface area contributed by atoms with Crippen LogP contribution in [-0.4, -0.2) is 266 Å². The normalized spacial score (nSPS) is 19.8. The highest BCUT2D eigenvalue weighted by molar-refractivity contribution is 6.10. The van der Waals surface area contributed by atoms with Gasteiger partial charge in [0.25, 0.3) is 0 Å². The highest BCUT2D eigenvalue weighted by atomic mass is 16.8. The van der Waals surface area contributed by atoms with Crippen molar-refractivity contribution in [2.75, 3.05) is 13.2 Å². The maximum Gasteiger partial charge on any atom is 0.344 e. The Morgan fingerprint density at radius 2 is 0.569 bits per heavy atom. The van der Waals surface area contributed by atoms with Gasteiger partial charge in [0.05, 0.1) is 44.5 Å². The lowest BCUT2D eigenvalue weighted by molar-refractivity contribution is -0.284. The summed E-state index contributed by atoms with van der Waals surface area (Å²) in [5.74, 6) is -58.4. The number of cyclic esters (lactones) is 2. The van der Waals surface area contributed by atoms with Crippen LogP contribution >= 0.6 is 0 Å². The molecule has 0 bridgehead atoms. The van der Waals surface area contributed by atoms with Gasteiger partial charge in [-0.05, 0) is 66.7 Å². The third kappa shape index (κ3) is 14.8. The summed E-state index contributed by atoms with van der Waals surface area (Å²) in [6, 6.07) is 4.60. The predicted molar refractivity (Wildman–Crippen MR) is 380 cm³/mol.